The number of aromatic nitrogens is 1. The minimum atomic E-state index is -4.37. The number of aliphatic imine (C=N–C) groups is 1. The average molecular weight is 515 g/mol. The molecule has 2 N–H and O–H groups in total. The Kier molecular flexibility index (Phi) is 9.75. The number of nitrogens with one attached hydrogen (secondary N) is 2. The summed E-state index contributed by atoms with van der Waals surface area (Å²) in [5.41, 5.74) is 0.820. The summed E-state index contributed by atoms with van der Waals surface area (Å²) in [4.78, 5) is 10.6. The standard InChI is InChI=1S/C18H28F3N5O.HI/c1-12(2)26-9-13(3)15(10-26)25-17(22-4)24-8-14-5-6-16(23-7-14)27-11-18(19,20)21;/h5-7,12-13,15H,8-11H2,1-4H3,(H2,22,24,25);1H. The second kappa shape index (κ2) is 11.0. The zero-order valence-electron chi connectivity index (χ0n) is 16.6. The second-order valence-electron chi connectivity index (χ2n) is 7.11. The van der Waals surface area contributed by atoms with E-state index < -0.39 is 12.8 Å². The summed E-state index contributed by atoms with van der Waals surface area (Å²) in [6.45, 7) is 7.73. The summed E-state index contributed by atoms with van der Waals surface area (Å²) in [5, 5.41) is 6.66. The van der Waals surface area contributed by atoms with Gasteiger partial charge in [0.05, 0.1) is 0 Å². The number of pyridine rings is 1. The van der Waals surface area contributed by atoms with Gasteiger partial charge < -0.3 is 15.4 Å². The second-order valence-corrected chi connectivity index (χ2v) is 7.11. The lowest BCUT2D eigenvalue weighted by Crippen LogP contribution is -2.46. The highest BCUT2D eigenvalue weighted by Crippen LogP contribution is 2.19. The van der Waals surface area contributed by atoms with Crippen molar-refractivity contribution in [2.45, 2.75) is 45.6 Å². The van der Waals surface area contributed by atoms with E-state index in [2.05, 4.69) is 51.0 Å². The predicted octanol–water partition coefficient (Wildman–Crippen LogP) is 3.03. The van der Waals surface area contributed by atoms with Crippen molar-refractivity contribution in [3.63, 3.8) is 0 Å². The first-order valence-corrected chi connectivity index (χ1v) is 9.03. The SMILES string of the molecule is CN=C(NCc1ccc(OCC(F)(F)F)nc1)NC1CN(C(C)C)CC1C.I. The van der Waals surface area contributed by atoms with Crippen molar-refractivity contribution >= 4 is 29.9 Å². The van der Waals surface area contributed by atoms with Crippen molar-refractivity contribution in [2.75, 3.05) is 26.7 Å². The van der Waals surface area contributed by atoms with Crippen LogP contribution in [0.25, 0.3) is 0 Å². The van der Waals surface area contributed by atoms with Gasteiger partial charge in [-0.1, -0.05) is 13.0 Å². The lowest BCUT2D eigenvalue weighted by Gasteiger charge is -2.22. The molecule has 6 nitrogen and oxygen atoms in total. The molecule has 1 aromatic heterocycles. The van der Waals surface area contributed by atoms with Crippen molar-refractivity contribution in [2.24, 2.45) is 10.9 Å². The van der Waals surface area contributed by atoms with Crippen molar-refractivity contribution in [1.82, 2.24) is 20.5 Å². The minimum Gasteiger partial charge on any atom is -0.468 e. The van der Waals surface area contributed by atoms with Crippen LogP contribution in [0.3, 0.4) is 0 Å². The van der Waals surface area contributed by atoms with Gasteiger partial charge in [0.2, 0.25) is 5.88 Å². The number of hydrogen-bond donors (Lipinski definition) is 2. The zero-order chi connectivity index (χ0) is 20.0. The van der Waals surface area contributed by atoms with Gasteiger partial charge >= 0.3 is 6.18 Å². The van der Waals surface area contributed by atoms with Gasteiger partial charge in [0.25, 0.3) is 0 Å². The number of ether oxygens (including phenoxy) is 1. The molecule has 0 bridgehead atoms. The first-order valence-electron chi connectivity index (χ1n) is 9.03. The maximum atomic E-state index is 12.1. The molecule has 2 atom stereocenters. The van der Waals surface area contributed by atoms with Crippen LogP contribution in [0.5, 0.6) is 5.88 Å². The van der Waals surface area contributed by atoms with Gasteiger partial charge in [-0.25, -0.2) is 4.98 Å². The van der Waals surface area contributed by atoms with Crippen molar-refractivity contribution in [3.05, 3.63) is 23.9 Å². The van der Waals surface area contributed by atoms with Crippen LogP contribution in [0, 0.1) is 5.92 Å². The molecule has 2 heterocycles. The molecule has 28 heavy (non-hydrogen) atoms. The number of rotatable bonds is 6. The van der Waals surface area contributed by atoms with E-state index in [1.54, 1.807) is 13.1 Å². The van der Waals surface area contributed by atoms with Crippen molar-refractivity contribution in [1.29, 1.82) is 0 Å². The topological polar surface area (TPSA) is 61.8 Å². The third-order valence-corrected chi connectivity index (χ3v) is 4.56. The molecule has 0 aromatic carbocycles. The molecule has 0 radical (unpaired) electrons. The van der Waals surface area contributed by atoms with Gasteiger partial charge in [-0.15, -0.1) is 24.0 Å². The number of nitrogens with zero attached hydrogens (tertiary/aromatic N) is 3. The number of halogens is 4. The highest BCUT2D eigenvalue weighted by Gasteiger charge is 2.31. The molecule has 2 rings (SSSR count). The van der Waals surface area contributed by atoms with E-state index in [-0.39, 0.29) is 29.9 Å². The quantitative estimate of drug-likeness (QED) is 0.347. The van der Waals surface area contributed by atoms with Crippen molar-refractivity contribution in [3.8, 4) is 5.88 Å². The Bertz CT molecular complexity index is 625. The molecule has 0 amide bonds. The lowest BCUT2D eigenvalue weighted by molar-refractivity contribution is -0.154. The fourth-order valence-electron chi connectivity index (χ4n) is 2.93. The van der Waals surface area contributed by atoms with E-state index in [1.807, 2.05) is 0 Å². The van der Waals surface area contributed by atoms with E-state index in [0.29, 0.717) is 30.5 Å². The van der Waals surface area contributed by atoms with Crippen LogP contribution in [0.4, 0.5) is 13.2 Å². The molecule has 0 aliphatic carbocycles. The molecular formula is C18H29F3IN5O. The summed E-state index contributed by atoms with van der Waals surface area (Å²) in [5.74, 6) is 1.15. The smallest absolute Gasteiger partial charge is 0.422 e. The predicted molar refractivity (Wildman–Crippen MR) is 114 cm³/mol. The first-order chi connectivity index (χ1) is 12.7. The first kappa shape index (κ1) is 24.7. The highest BCUT2D eigenvalue weighted by atomic mass is 127. The Hall–Kier alpha value is -1.30. The van der Waals surface area contributed by atoms with Crippen molar-refractivity contribution < 1.29 is 17.9 Å². The van der Waals surface area contributed by atoms with E-state index in [0.717, 1.165) is 18.7 Å². The van der Waals surface area contributed by atoms with Crippen LogP contribution in [0.2, 0.25) is 0 Å². The van der Waals surface area contributed by atoms with Gasteiger partial charge in [-0.3, -0.25) is 9.89 Å². The summed E-state index contributed by atoms with van der Waals surface area (Å²) in [7, 11) is 1.71. The summed E-state index contributed by atoms with van der Waals surface area (Å²) in [6, 6.07) is 3.93. The normalized spacial score (nSPS) is 20.8. The zero-order valence-corrected chi connectivity index (χ0v) is 18.9. The van der Waals surface area contributed by atoms with Crippen LogP contribution < -0.4 is 15.4 Å². The molecule has 10 heteroatoms. The molecule has 0 spiro atoms. The number of alkyl halides is 3. The monoisotopic (exact) mass is 515 g/mol. The third-order valence-electron chi connectivity index (χ3n) is 4.56. The molecular weight excluding hydrogens is 486 g/mol. The van der Waals surface area contributed by atoms with E-state index >= 15 is 0 Å². The Morgan fingerprint density at radius 3 is 2.57 bits per heavy atom. The lowest BCUT2D eigenvalue weighted by atomic mass is 10.1. The Labute approximate surface area is 181 Å². The van der Waals surface area contributed by atoms with Gasteiger partial charge in [-0.05, 0) is 25.3 Å². The minimum absolute atomic E-state index is 0. The summed E-state index contributed by atoms with van der Waals surface area (Å²) >= 11 is 0. The van der Waals surface area contributed by atoms with Gasteiger partial charge in [0.1, 0.15) is 0 Å². The van der Waals surface area contributed by atoms with Crippen LogP contribution in [0.1, 0.15) is 26.3 Å². The highest BCUT2D eigenvalue weighted by molar-refractivity contribution is 14.0. The van der Waals surface area contributed by atoms with E-state index in [1.165, 1.54) is 12.3 Å². The average Bonchev–Trinajstić information content (AvgIpc) is 2.98. The Morgan fingerprint density at radius 1 is 1.36 bits per heavy atom. The molecule has 1 aliphatic rings. The fourth-order valence-corrected chi connectivity index (χ4v) is 2.93. The fraction of sp³-hybridized carbons (Fsp3) is 0.667. The maximum absolute atomic E-state index is 12.1. The number of hydrogen-bond acceptors (Lipinski definition) is 4. The van der Waals surface area contributed by atoms with E-state index in [4.69, 9.17) is 0 Å². The van der Waals surface area contributed by atoms with Crippen LogP contribution >= 0.6 is 24.0 Å². The van der Waals surface area contributed by atoms with Crippen LogP contribution in [0.15, 0.2) is 23.3 Å². The number of likely N-dealkylation sites (tertiary alicyclic amines) is 1. The molecule has 1 aliphatic heterocycles. The molecule has 1 aromatic rings. The van der Waals surface area contributed by atoms with Crippen LogP contribution in [-0.4, -0.2) is 60.8 Å². The van der Waals surface area contributed by atoms with Crippen LogP contribution in [-0.2, 0) is 6.54 Å². The molecule has 0 saturated carbocycles. The molecule has 160 valence electrons. The largest absolute Gasteiger partial charge is 0.468 e. The van der Waals surface area contributed by atoms with E-state index in [9.17, 15) is 13.2 Å². The summed E-state index contributed by atoms with van der Waals surface area (Å²) in [6.07, 6.45) is -2.88. The van der Waals surface area contributed by atoms with Gasteiger partial charge in [0, 0.05) is 51.0 Å². The Morgan fingerprint density at radius 2 is 2.07 bits per heavy atom. The molecule has 2 unspecified atom stereocenters. The summed E-state index contributed by atoms with van der Waals surface area (Å²) < 4.78 is 41.0. The Balaban J connectivity index is 0.00000392. The maximum Gasteiger partial charge on any atom is 0.422 e. The van der Waals surface area contributed by atoms with Gasteiger partial charge in [-0.2, -0.15) is 13.2 Å². The number of guanidine groups is 1. The molecule has 1 saturated heterocycles. The van der Waals surface area contributed by atoms with Gasteiger partial charge in [0.15, 0.2) is 12.6 Å². The molecule has 1 fully saturated rings. The third kappa shape index (κ3) is 7.98.